The van der Waals surface area contributed by atoms with Gasteiger partial charge in [0.1, 0.15) is 11.8 Å². The molecule has 7 nitrogen and oxygen atoms in total. The van der Waals surface area contributed by atoms with Crippen LogP contribution in [0.25, 0.3) is 0 Å². The molecule has 1 aliphatic rings. The van der Waals surface area contributed by atoms with Crippen LogP contribution >= 0.6 is 0 Å². The molecule has 2 aromatic rings. The van der Waals surface area contributed by atoms with Crippen molar-refractivity contribution < 1.29 is 4.39 Å². The first-order chi connectivity index (χ1) is 11.9. The number of nitrogens with zero attached hydrogens (tertiary/aromatic N) is 5. The standard InChI is InChI=1S/C17H19FN6O/c1-10(2)15-14(18)16(25)22-17(21-15)24-8-13(9-24)23(3)12-5-4-11(6-19)20-7-12/h4-5,7,10,13H,8-9H2,1-3H3,(H,21,22,25). The lowest BCUT2D eigenvalue weighted by Gasteiger charge is -2.45. The number of H-pyrrole nitrogens is 1. The second kappa shape index (κ2) is 6.51. The van der Waals surface area contributed by atoms with Gasteiger partial charge in [-0.3, -0.25) is 9.78 Å². The molecule has 8 heteroatoms. The Morgan fingerprint density at radius 2 is 2.16 bits per heavy atom. The monoisotopic (exact) mass is 342 g/mol. The normalized spacial score (nSPS) is 14.3. The Kier molecular flexibility index (Phi) is 4.40. The van der Waals surface area contributed by atoms with Gasteiger partial charge in [0.25, 0.3) is 5.56 Å². The third-order valence-corrected chi connectivity index (χ3v) is 4.40. The second-order valence-electron chi connectivity index (χ2n) is 6.43. The summed E-state index contributed by atoms with van der Waals surface area (Å²) in [6.45, 7) is 4.92. The lowest BCUT2D eigenvalue weighted by molar-refractivity contribution is 0.480. The molecular formula is C17H19FN6O. The smallest absolute Gasteiger partial charge is 0.288 e. The van der Waals surface area contributed by atoms with E-state index in [0.29, 0.717) is 24.7 Å². The fourth-order valence-electron chi connectivity index (χ4n) is 2.74. The third kappa shape index (κ3) is 3.18. The number of halogens is 1. The highest BCUT2D eigenvalue weighted by atomic mass is 19.1. The number of hydrogen-bond acceptors (Lipinski definition) is 6. The molecule has 130 valence electrons. The molecule has 3 rings (SSSR count). The Bertz CT molecular complexity index is 864. The Labute approximate surface area is 144 Å². The van der Waals surface area contributed by atoms with E-state index in [1.807, 2.05) is 24.1 Å². The number of pyridine rings is 1. The fourth-order valence-corrected chi connectivity index (χ4v) is 2.74. The first-order valence-electron chi connectivity index (χ1n) is 8.04. The number of hydrogen-bond donors (Lipinski definition) is 1. The molecule has 1 N–H and O–H groups in total. The largest absolute Gasteiger partial charge is 0.367 e. The summed E-state index contributed by atoms with van der Waals surface area (Å²) in [6, 6.07) is 5.73. The van der Waals surface area contributed by atoms with Crippen molar-refractivity contribution in [1.82, 2.24) is 15.0 Å². The van der Waals surface area contributed by atoms with Crippen LogP contribution in [0.2, 0.25) is 0 Å². The first kappa shape index (κ1) is 16.9. The van der Waals surface area contributed by atoms with E-state index < -0.39 is 11.4 Å². The molecular weight excluding hydrogens is 323 g/mol. The highest BCUT2D eigenvalue weighted by Gasteiger charge is 2.32. The number of nitriles is 1. The summed E-state index contributed by atoms with van der Waals surface area (Å²) in [4.78, 5) is 26.6. The van der Waals surface area contributed by atoms with Crippen molar-refractivity contribution in [2.75, 3.05) is 29.9 Å². The van der Waals surface area contributed by atoms with E-state index in [-0.39, 0.29) is 17.7 Å². The van der Waals surface area contributed by atoms with Crippen molar-refractivity contribution in [1.29, 1.82) is 5.26 Å². The Morgan fingerprint density at radius 1 is 1.44 bits per heavy atom. The molecule has 0 bridgehead atoms. The topological polar surface area (TPSA) is 88.9 Å². The molecule has 0 aromatic carbocycles. The van der Waals surface area contributed by atoms with E-state index in [9.17, 15) is 9.18 Å². The van der Waals surface area contributed by atoms with Crippen LogP contribution in [0.3, 0.4) is 0 Å². The third-order valence-electron chi connectivity index (χ3n) is 4.40. The van der Waals surface area contributed by atoms with Gasteiger partial charge in [-0.25, -0.2) is 9.97 Å². The zero-order valence-corrected chi connectivity index (χ0v) is 14.3. The van der Waals surface area contributed by atoms with Crippen LogP contribution in [0.15, 0.2) is 23.1 Å². The zero-order chi connectivity index (χ0) is 18.1. The molecule has 0 spiro atoms. The van der Waals surface area contributed by atoms with Crippen molar-refractivity contribution in [3.8, 4) is 6.07 Å². The van der Waals surface area contributed by atoms with Gasteiger partial charge in [-0.05, 0) is 18.1 Å². The van der Waals surface area contributed by atoms with Crippen LogP contribution in [0.4, 0.5) is 16.0 Å². The van der Waals surface area contributed by atoms with Crippen molar-refractivity contribution in [2.45, 2.75) is 25.8 Å². The molecule has 25 heavy (non-hydrogen) atoms. The lowest BCUT2D eigenvalue weighted by atomic mass is 10.1. The first-order valence-corrected chi connectivity index (χ1v) is 8.04. The van der Waals surface area contributed by atoms with Crippen molar-refractivity contribution in [2.24, 2.45) is 0 Å². The van der Waals surface area contributed by atoms with Crippen LogP contribution in [-0.2, 0) is 0 Å². The van der Waals surface area contributed by atoms with Gasteiger partial charge >= 0.3 is 0 Å². The average Bonchev–Trinajstić information content (AvgIpc) is 2.56. The summed E-state index contributed by atoms with van der Waals surface area (Å²) in [6.07, 6.45) is 1.66. The molecule has 0 radical (unpaired) electrons. The zero-order valence-electron chi connectivity index (χ0n) is 14.3. The SMILES string of the molecule is CC(C)c1nc(N2CC(N(C)c3ccc(C#N)nc3)C2)[nH]c(=O)c1F. The molecule has 0 saturated carbocycles. The van der Waals surface area contributed by atoms with Crippen LogP contribution in [-0.4, -0.2) is 41.1 Å². The van der Waals surface area contributed by atoms with Gasteiger partial charge in [0.05, 0.1) is 23.6 Å². The number of aromatic nitrogens is 3. The van der Waals surface area contributed by atoms with Crippen molar-refractivity contribution >= 4 is 11.6 Å². The van der Waals surface area contributed by atoms with Crippen molar-refractivity contribution in [3.05, 3.63) is 45.9 Å². The van der Waals surface area contributed by atoms with Gasteiger partial charge < -0.3 is 9.80 Å². The minimum Gasteiger partial charge on any atom is -0.367 e. The summed E-state index contributed by atoms with van der Waals surface area (Å²) in [5.41, 5.74) is 0.738. The molecule has 0 unspecified atom stereocenters. The summed E-state index contributed by atoms with van der Waals surface area (Å²) in [5, 5.41) is 8.80. The highest BCUT2D eigenvalue weighted by Crippen LogP contribution is 2.24. The predicted molar refractivity (Wildman–Crippen MR) is 92.3 cm³/mol. The van der Waals surface area contributed by atoms with Crippen LogP contribution in [0, 0.1) is 17.1 Å². The van der Waals surface area contributed by atoms with Crippen LogP contribution in [0.1, 0.15) is 31.2 Å². The molecule has 0 amide bonds. The van der Waals surface area contributed by atoms with E-state index in [4.69, 9.17) is 5.26 Å². The molecule has 1 aliphatic heterocycles. The maximum absolute atomic E-state index is 13.8. The lowest BCUT2D eigenvalue weighted by Crippen LogP contribution is -2.59. The van der Waals surface area contributed by atoms with Crippen LogP contribution < -0.4 is 15.4 Å². The number of rotatable bonds is 4. The molecule has 0 atom stereocenters. The minimum atomic E-state index is -0.809. The molecule has 0 aliphatic carbocycles. The van der Waals surface area contributed by atoms with E-state index in [2.05, 4.69) is 19.9 Å². The summed E-state index contributed by atoms with van der Waals surface area (Å²) in [7, 11) is 1.95. The van der Waals surface area contributed by atoms with Gasteiger partial charge in [0.15, 0.2) is 0 Å². The summed E-state index contributed by atoms with van der Waals surface area (Å²) < 4.78 is 13.8. The predicted octanol–water partition coefficient (Wildman–Crippen LogP) is 1.62. The number of anilines is 2. The second-order valence-corrected chi connectivity index (χ2v) is 6.43. The van der Waals surface area contributed by atoms with E-state index in [1.54, 1.807) is 26.1 Å². The van der Waals surface area contributed by atoms with Gasteiger partial charge in [-0.2, -0.15) is 9.65 Å². The maximum atomic E-state index is 13.8. The molecule has 1 fully saturated rings. The molecule has 2 aromatic heterocycles. The fraction of sp³-hybridized carbons (Fsp3) is 0.412. The highest BCUT2D eigenvalue weighted by molar-refractivity contribution is 5.49. The van der Waals surface area contributed by atoms with E-state index >= 15 is 0 Å². The van der Waals surface area contributed by atoms with E-state index in [0.717, 1.165) is 5.69 Å². The summed E-state index contributed by atoms with van der Waals surface area (Å²) in [5.74, 6) is -0.570. The molecule has 3 heterocycles. The Hall–Kier alpha value is -2.95. The minimum absolute atomic E-state index is 0.162. The Balaban J connectivity index is 1.71. The summed E-state index contributed by atoms with van der Waals surface area (Å²) >= 11 is 0. The van der Waals surface area contributed by atoms with Gasteiger partial charge in [0, 0.05) is 20.1 Å². The maximum Gasteiger partial charge on any atom is 0.288 e. The number of aromatic amines is 1. The molecule has 1 saturated heterocycles. The van der Waals surface area contributed by atoms with Crippen LogP contribution in [0.5, 0.6) is 0 Å². The Morgan fingerprint density at radius 3 is 2.72 bits per heavy atom. The van der Waals surface area contributed by atoms with Crippen molar-refractivity contribution in [3.63, 3.8) is 0 Å². The van der Waals surface area contributed by atoms with Gasteiger partial charge in [-0.15, -0.1) is 0 Å². The quantitative estimate of drug-likeness (QED) is 0.908. The van der Waals surface area contributed by atoms with Gasteiger partial charge in [-0.1, -0.05) is 13.8 Å². The number of likely N-dealkylation sites (N-methyl/N-ethyl adjacent to an activating group) is 1. The van der Waals surface area contributed by atoms with Gasteiger partial charge in [0.2, 0.25) is 11.8 Å². The average molecular weight is 342 g/mol. The number of nitrogens with one attached hydrogen (secondary N) is 1. The van der Waals surface area contributed by atoms with E-state index in [1.165, 1.54) is 0 Å².